The third kappa shape index (κ3) is 5.75. The van der Waals surface area contributed by atoms with E-state index in [9.17, 15) is 14.4 Å². The zero-order valence-electron chi connectivity index (χ0n) is 19.5. The number of amides is 2. The molecule has 0 atom stereocenters. The molecule has 0 aliphatic carbocycles. The van der Waals surface area contributed by atoms with Crippen molar-refractivity contribution in [3.63, 3.8) is 0 Å². The topological polar surface area (TPSA) is 75.7 Å². The van der Waals surface area contributed by atoms with Crippen LogP contribution in [0.3, 0.4) is 0 Å². The number of carbonyl (C=O) groups is 3. The molecule has 0 unspecified atom stereocenters. The van der Waals surface area contributed by atoms with Gasteiger partial charge in [0, 0.05) is 30.3 Å². The highest BCUT2D eigenvalue weighted by Crippen LogP contribution is 2.21. The number of carbonyl (C=O) groups excluding carboxylic acids is 3. The Morgan fingerprint density at radius 1 is 0.938 bits per heavy atom. The second kappa shape index (κ2) is 9.55. The number of alkyl carbamates (subject to hydrolysis) is 1. The smallest absolute Gasteiger partial charge is 0.407 e. The van der Waals surface area contributed by atoms with Crippen LogP contribution >= 0.6 is 0 Å². The van der Waals surface area contributed by atoms with Crippen LogP contribution in [0.1, 0.15) is 71.0 Å². The van der Waals surface area contributed by atoms with Crippen molar-refractivity contribution < 1.29 is 19.1 Å². The maximum absolute atomic E-state index is 13.3. The van der Waals surface area contributed by atoms with E-state index in [1.807, 2.05) is 46.8 Å². The average molecular weight is 437 g/mol. The van der Waals surface area contributed by atoms with Gasteiger partial charge in [-0.1, -0.05) is 30.3 Å². The maximum atomic E-state index is 13.3. The summed E-state index contributed by atoms with van der Waals surface area (Å²) in [7, 11) is 0. The Morgan fingerprint density at radius 3 is 2.16 bits per heavy atom. The van der Waals surface area contributed by atoms with Gasteiger partial charge in [-0.3, -0.25) is 9.59 Å². The molecule has 3 rings (SSSR count). The van der Waals surface area contributed by atoms with E-state index < -0.39 is 11.7 Å². The molecule has 170 valence electrons. The molecule has 6 heteroatoms. The van der Waals surface area contributed by atoms with Crippen molar-refractivity contribution >= 4 is 17.8 Å². The largest absolute Gasteiger partial charge is 0.444 e. The van der Waals surface area contributed by atoms with Crippen LogP contribution in [-0.2, 0) is 4.74 Å². The Bertz CT molecular complexity index is 1010. The first kappa shape index (κ1) is 23.5. The lowest BCUT2D eigenvalue weighted by Crippen LogP contribution is -2.47. The molecule has 2 aromatic carbocycles. The Labute approximate surface area is 189 Å². The number of nitrogens with zero attached hydrogens (tertiary/aromatic N) is 1. The molecule has 0 spiro atoms. The van der Waals surface area contributed by atoms with Crippen LogP contribution in [0.15, 0.2) is 42.5 Å². The van der Waals surface area contributed by atoms with Gasteiger partial charge in [0.1, 0.15) is 5.60 Å². The van der Waals surface area contributed by atoms with Crippen molar-refractivity contribution in [2.45, 2.75) is 59.1 Å². The predicted octanol–water partition coefficient (Wildman–Crippen LogP) is 4.66. The minimum absolute atomic E-state index is 0.0405. The number of hydrogen-bond acceptors (Lipinski definition) is 4. The zero-order valence-corrected chi connectivity index (χ0v) is 19.5. The number of nitrogens with one attached hydrogen (secondary N) is 1. The zero-order chi connectivity index (χ0) is 23.5. The summed E-state index contributed by atoms with van der Waals surface area (Å²) in [6.07, 6.45) is 0.836. The van der Waals surface area contributed by atoms with Crippen molar-refractivity contribution in [2.75, 3.05) is 13.1 Å². The third-order valence-corrected chi connectivity index (χ3v) is 5.67. The summed E-state index contributed by atoms with van der Waals surface area (Å²) < 4.78 is 5.32. The van der Waals surface area contributed by atoms with E-state index in [1.54, 1.807) is 35.2 Å². The van der Waals surface area contributed by atoms with Gasteiger partial charge in [0.15, 0.2) is 5.78 Å². The van der Waals surface area contributed by atoms with Crippen molar-refractivity contribution in [2.24, 2.45) is 0 Å². The Balaban J connectivity index is 1.68. The van der Waals surface area contributed by atoms with E-state index in [1.165, 1.54) is 0 Å². The summed E-state index contributed by atoms with van der Waals surface area (Å²) in [5.41, 5.74) is 3.01. The molecular weight excluding hydrogens is 404 g/mol. The van der Waals surface area contributed by atoms with Gasteiger partial charge in [-0.25, -0.2) is 4.79 Å². The first-order valence-electron chi connectivity index (χ1n) is 11.0. The Morgan fingerprint density at radius 2 is 1.56 bits per heavy atom. The van der Waals surface area contributed by atoms with Gasteiger partial charge in [0.25, 0.3) is 5.91 Å². The molecule has 1 N–H and O–H groups in total. The summed E-state index contributed by atoms with van der Waals surface area (Å²) in [6, 6.07) is 12.5. The third-order valence-electron chi connectivity index (χ3n) is 5.67. The summed E-state index contributed by atoms with van der Waals surface area (Å²) in [5.74, 6) is -0.313. The number of rotatable bonds is 4. The normalized spacial score (nSPS) is 14.7. The number of ketones is 1. The molecule has 1 aliphatic heterocycles. The second-order valence-electron chi connectivity index (χ2n) is 9.39. The fourth-order valence-corrected chi connectivity index (χ4v) is 3.78. The molecule has 2 amide bonds. The van der Waals surface area contributed by atoms with Crippen molar-refractivity contribution in [1.82, 2.24) is 10.2 Å². The minimum Gasteiger partial charge on any atom is -0.444 e. The van der Waals surface area contributed by atoms with E-state index in [0.29, 0.717) is 42.6 Å². The summed E-state index contributed by atoms with van der Waals surface area (Å²) in [4.78, 5) is 40.2. The van der Waals surface area contributed by atoms with E-state index in [-0.39, 0.29) is 17.7 Å². The Hall–Kier alpha value is -3.15. The van der Waals surface area contributed by atoms with Crippen LogP contribution in [0, 0.1) is 13.8 Å². The molecule has 0 radical (unpaired) electrons. The van der Waals surface area contributed by atoms with Gasteiger partial charge in [0.2, 0.25) is 0 Å². The lowest BCUT2D eigenvalue weighted by molar-refractivity contribution is 0.0473. The van der Waals surface area contributed by atoms with Crippen LogP contribution in [0.4, 0.5) is 4.79 Å². The van der Waals surface area contributed by atoms with Crippen molar-refractivity contribution in [3.8, 4) is 0 Å². The number of hydrogen-bond donors (Lipinski definition) is 1. The highest BCUT2D eigenvalue weighted by Gasteiger charge is 2.28. The van der Waals surface area contributed by atoms with Gasteiger partial charge in [-0.15, -0.1) is 0 Å². The fraction of sp³-hybridized carbons (Fsp3) is 0.423. The lowest BCUT2D eigenvalue weighted by Gasteiger charge is -2.33. The first-order chi connectivity index (χ1) is 15.0. The molecular formula is C26H32N2O4. The predicted molar refractivity (Wildman–Crippen MR) is 124 cm³/mol. The number of ether oxygens (including phenoxy) is 1. The van der Waals surface area contributed by atoms with Gasteiger partial charge < -0.3 is 15.0 Å². The van der Waals surface area contributed by atoms with E-state index in [0.717, 1.165) is 11.1 Å². The van der Waals surface area contributed by atoms with Gasteiger partial charge in [0.05, 0.1) is 5.56 Å². The molecule has 2 aromatic rings. The van der Waals surface area contributed by atoms with Crippen LogP contribution in [-0.4, -0.2) is 47.4 Å². The molecule has 1 fully saturated rings. The summed E-state index contributed by atoms with van der Waals surface area (Å²) >= 11 is 0. The minimum atomic E-state index is -0.549. The van der Waals surface area contributed by atoms with Crippen molar-refractivity contribution in [3.05, 3.63) is 70.3 Å². The number of benzene rings is 2. The Kier molecular flexibility index (Phi) is 7.02. The van der Waals surface area contributed by atoms with Gasteiger partial charge in [-0.05, 0) is 70.7 Å². The molecule has 1 saturated heterocycles. The highest BCUT2D eigenvalue weighted by atomic mass is 16.6. The molecule has 0 aromatic heterocycles. The molecule has 1 heterocycles. The second-order valence-corrected chi connectivity index (χ2v) is 9.39. The maximum Gasteiger partial charge on any atom is 0.407 e. The van der Waals surface area contributed by atoms with Crippen molar-refractivity contribution in [1.29, 1.82) is 0 Å². The standard InChI is InChI=1S/C26H32N2O4/c1-17-10-11-19(16-18(17)2)23(29)21-8-6-7-9-22(21)24(30)28-14-12-20(13-15-28)27-25(31)32-26(3,4)5/h6-11,16,20H,12-15H2,1-5H3,(H,27,31). The quantitative estimate of drug-likeness (QED) is 0.707. The molecule has 0 saturated carbocycles. The summed E-state index contributed by atoms with van der Waals surface area (Å²) in [5, 5.41) is 2.88. The highest BCUT2D eigenvalue weighted by molar-refractivity contribution is 6.15. The lowest BCUT2D eigenvalue weighted by atomic mass is 9.95. The fourth-order valence-electron chi connectivity index (χ4n) is 3.78. The molecule has 6 nitrogen and oxygen atoms in total. The number of likely N-dealkylation sites (tertiary alicyclic amines) is 1. The van der Waals surface area contributed by atoms with E-state index >= 15 is 0 Å². The van der Waals surface area contributed by atoms with Crippen LogP contribution in [0.5, 0.6) is 0 Å². The van der Waals surface area contributed by atoms with Gasteiger partial charge in [-0.2, -0.15) is 0 Å². The first-order valence-corrected chi connectivity index (χ1v) is 11.0. The van der Waals surface area contributed by atoms with Gasteiger partial charge >= 0.3 is 6.09 Å². The van der Waals surface area contributed by atoms with Crippen LogP contribution in [0.25, 0.3) is 0 Å². The molecule has 32 heavy (non-hydrogen) atoms. The SMILES string of the molecule is Cc1ccc(C(=O)c2ccccc2C(=O)N2CCC(NC(=O)OC(C)(C)C)CC2)cc1C. The number of aryl methyl sites for hydroxylation is 2. The van der Waals surface area contributed by atoms with Crippen LogP contribution < -0.4 is 5.32 Å². The monoisotopic (exact) mass is 436 g/mol. The van der Waals surface area contributed by atoms with E-state index in [4.69, 9.17) is 4.74 Å². The summed E-state index contributed by atoms with van der Waals surface area (Å²) in [6.45, 7) is 10.5. The molecule has 0 bridgehead atoms. The van der Waals surface area contributed by atoms with Crippen LogP contribution in [0.2, 0.25) is 0 Å². The molecule has 1 aliphatic rings. The average Bonchev–Trinajstić information content (AvgIpc) is 2.74. The van der Waals surface area contributed by atoms with E-state index in [2.05, 4.69) is 5.32 Å². The number of piperidine rings is 1.